The highest BCUT2D eigenvalue weighted by Gasteiger charge is 2.16. The minimum Gasteiger partial charge on any atom is -0.497 e. The Kier molecular flexibility index (Phi) is 5.89. The number of methoxy groups -OCH3 is 3. The third-order valence-electron chi connectivity index (χ3n) is 3.37. The largest absolute Gasteiger partial charge is 0.497 e. The molecule has 0 saturated carbocycles. The molecule has 6 heteroatoms. The van der Waals surface area contributed by atoms with Gasteiger partial charge in [-0.2, -0.15) is 0 Å². The highest BCUT2D eigenvalue weighted by molar-refractivity contribution is 5.94. The van der Waals surface area contributed by atoms with E-state index >= 15 is 0 Å². The first-order valence-corrected chi connectivity index (χ1v) is 7.41. The number of ether oxygens (including phenoxy) is 4. The summed E-state index contributed by atoms with van der Waals surface area (Å²) in [6, 6.07) is 12.2. The SMILES string of the molecule is COc1cccc(OC(C)C(=O)Nc2ccc(OC)c(OC)c2)c1. The molecule has 0 heterocycles. The Morgan fingerprint density at radius 1 is 0.917 bits per heavy atom. The van der Waals surface area contributed by atoms with Crippen LogP contribution in [0.15, 0.2) is 42.5 Å². The number of carbonyl (C=O) groups is 1. The van der Waals surface area contributed by atoms with Gasteiger partial charge in [-0.3, -0.25) is 4.79 Å². The van der Waals surface area contributed by atoms with Crippen molar-refractivity contribution in [1.29, 1.82) is 0 Å². The van der Waals surface area contributed by atoms with Crippen LogP contribution < -0.4 is 24.3 Å². The van der Waals surface area contributed by atoms with Gasteiger partial charge in [0.1, 0.15) is 11.5 Å². The Balaban J connectivity index is 2.03. The van der Waals surface area contributed by atoms with E-state index in [2.05, 4.69) is 5.32 Å². The molecular weight excluding hydrogens is 310 g/mol. The maximum absolute atomic E-state index is 12.3. The number of amides is 1. The van der Waals surface area contributed by atoms with Gasteiger partial charge >= 0.3 is 0 Å². The Labute approximate surface area is 141 Å². The molecule has 24 heavy (non-hydrogen) atoms. The molecule has 1 unspecified atom stereocenters. The summed E-state index contributed by atoms with van der Waals surface area (Å²) in [4.78, 5) is 12.3. The highest BCUT2D eigenvalue weighted by atomic mass is 16.5. The molecule has 2 rings (SSSR count). The molecule has 1 atom stereocenters. The van der Waals surface area contributed by atoms with E-state index in [4.69, 9.17) is 18.9 Å². The molecule has 2 aromatic carbocycles. The Hall–Kier alpha value is -2.89. The van der Waals surface area contributed by atoms with Crippen LogP contribution in [0.5, 0.6) is 23.0 Å². The van der Waals surface area contributed by atoms with Crippen molar-refractivity contribution >= 4 is 11.6 Å². The Morgan fingerprint density at radius 2 is 1.62 bits per heavy atom. The molecule has 0 fully saturated rings. The van der Waals surface area contributed by atoms with Gasteiger partial charge in [0, 0.05) is 17.8 Å². The second kappa shape index (κ2) is 8.10. The lowest BCUT2D eigenvalue weighted by molar-refractivity contribution is -0.122. The summed E-state index contributed by atoms with van der Waals surface area (Å²) in [7, 11) is 4.67. The molecule has 1 N–H and O–H groups in total. The smallest absolute Gasteiger partial charge is 0.265 e. The van der Waals surface area contributed by atoms with Gasteiger partial charge in [-0.15, -0.1) is 0 Å². The quantitative estimate of drug-likeness (QED) is 0.844. The van der Waals surface area contributed by atoms with Crippen LogP contribution in [0, 0.1) is 0 Å². The van der Waals surface area contributed by atoms with Crippen molar-refractivity contribution in [3.63, 3.8) is 0 Å². The molecule has 1 amide bonds. The van der Waals surface area contributed by atoms with E-state index in [9.17, 15) is 4.79 Å². The van der Waals surface area contributed by atoms with E-state index in [-0.39, 0.29) is 5.91 Å². The van der Waals surface area contributed by atoms with Gasteiger partial charge in [-0.05, 0) is 31.2 Å². The minimum atomic E-state index is -0.676. The topological polar surface area (TPSA) is 66.0 Å². The second-order valence-corrected chi connectivity index (χ2v) is 5.00. The van der Waals surface area contributed by atoms with Gasteiger partial charge in [0.05, 0.1) is 21.3 Å². The average molecular weight is 331 g/mol. The molecule has 0 aliphatic heterocycles. The van der Waals surface area contributed by atoms with Crippen molar-refractivity contribution in [3.8, 4) is 23.0 Å². The van der Waals surface area contributed by atoms with E-state index < -0.39 is 6.10 Å². The molecule has 0 aliphatic carbocycles. The minimum absolute atomic E-state index is 0.273. The zero-order chi connectivity index (χ0) is 17.5. The van der Waals surface area contributed by atoms with Crippen molar-refractivity contribution in [2.75, 3.05) is 26.6 Å². The van der Waals surface area contributed by atoms with Gasteiger partial charge in [-0.25, -0.2) is 0 Å². The first-order valence-electron chi connectivity index (χ1n) is 7.41. The van der Waals surface area contributed by atoms with Crippen LogP contribution in [-0.4, -0.2) is 33.3 Å². The van der Waals surface area contributed by atoms with Crippen molar-refractivity contribution in [1.82, 2.24) is 0 Å². The summed E-state index contributed by atoms with van der Waals surface area (Å²) in [5.74, 6) is 2.09. The van der Waals surface area contributed by atoms with Gasteiger partial charge in [-0.1, -0.05) is 6.07 Å². The maximum atomic E-state index is 12.3. The average Bonchev–Trinajstić information content (AvgIpc) is 2.61. The summed E-state index contributed by atoms with van der Waals surface area (Å²) in [6.07, 6.45) is -0.676. The Morgan fingerprint density at radius 3 is 2.29 bits per heavy atom. The molecule has 0 saturated heterocycles. The van der Waals surface area contributed by atoms with Gasteiger partial charge in [0.15, 0.2) is 17.6 Å². The number of benzene rings is 2. The van der Waals surface area contributed by atoms with E-state index in [0.29, 0.717) is 28.7 Å². The highest BCUT2D eigenvalue weighted by Crippen LogP contribution is 2.29. The molecule has 0 aliphatic rings. The number of hydrogen-bond donors (Lipinski definition) is 1. The molecular formula is C18H21NO5. The van der Waals surface area contributed by atoms with Crippen LogP contribution >= 0.6 is 0 Å². The standard InChI is InChI=1S/C18H21NO5/c1-12(24-15-7-5-6-14(11-15)21-2)18(20)19-13-8-9-16(22-3)17(10-13)23-4/h5-12H,1-4H3,(H,19,20). The fraction of sp³-hybridized carbons (Fsp3) is 0.278. The number of anilines is 1. The van der Waals surface area contributed by atoms with E-state index in [1.807, 2.05) is 0 Å². The van der Waals surface area contributed by atoms with Crippen LogP contribution in [0.2, 0.25) is 0 Å². The molecule has 0 radical (unpaired) electrons. The Bertz CT molecular complexity index is 702. The third kappa shape index (κ3) is 4.32. The first kappa shape index (κ1) is 17.5. The summed E-state index contributed by atoms with van der Waals surface area (Å²) in [5.41, 5.74) is 0.596. The molecule has 128 valence electrons. The summed E-state index contributed by atoms with van der Waals surface area (Å²) in [5, 5.41) is 2.79. The monoisotopic (exact) mass is 331 g/mol. The van der Waals surface area contributed by atoms with Gasteiger partial charge in [0.2, 0.25) is 0 Å². The number of nitrogens with one attached hydrogen (secondary N) is 1. The van der Waals surface area contributed by atoms with E-state index in [1.54, 1.807) is 63.6 Å². The zero-order valence-corrected chi connectivity index (χ0v) is 14.2. The first-order chi connectivity index (χ1) is 11.6. The molecule has 2 aromatic rings. The number of carbonyl (C=O) groups excluding carboxylic acids is 1. The number of rotatable bonds is 7. The van der Waals surface area contributed by atoms with Gasteiger partial charge in [0.25, 0.3) is 5.91 Å². The van der Waals surface area contributed by atoms with E-state index in [0.717, 1.165) is 0 Å². The normalized spacial score (nSPS) is 11.3. The van der Waals surface area contributed by atoms with Crippen LogP contribution in [0.4, 0.5) is 5.69 Å². The molecule has 0 aromatic heterocycles. The second-order valence-electron chi connectivity index (χ2n) is 5.00. The molecule has 6 nitrogen and oxygen atoms in total. The van der Waals surface area contributed by atoms with Crippen molar-refractivity contribution < 1.29 is 23.7 Å². The summed E-state index contributed by atoms with van der Waals surface area (Å²) >= 11 is 0. The predicted molar refractivity (Wildman–Crippen MR) is 91.3 cm³/mol. The van der Waals surface area contributed by atoms with Crippen LogP contribution in [0.25, 0.3) is 0 Å². The summed E-state index contributed by atoms with van der Waals surface area (Å²) in [6.45, 7) is 1.68. The lowest BCUT2D eigenvalue weighted by atomic mass is 10.2. The third-order valence-corrected chi connectivity index (χ3v) is 3.37. The molecule has 0 bridgehead atoms. The fourth-order valence-electron chi connectivity index (χ4n) is 2.09. The molecule has 0 spiro atoms. The predicted octanol–water partition coefficient (Wildman–Crippen LogP) is 3.12. The van der Waals surface area contributed by atoms with Crippen molar-refractivity contribution in [3.05, 3.63) is 42.5 Å². The number of hydrogen-bond acceptors (Lipinski definition) is 5. The lowest BCUT2D eigenvalue weighted by Gasteiger charge is -2.16. The van der Waals surface area contributed by atoms with Gasteiger partial charge < -0.3 is 24.3 Å². The van der Waals surface area contributed by atoms with Crippen LogP contribution in [0.3, 0.4) is 0 Å². The van der Waals surface area contributed by atoms with Crippen LogP contribution in [-0.2, 0) is 4.79 Å². The van der Waals surface area contributed by atoms with Crippen molar-refractivity contribution in [2.24, 2.45) is 0 Å². The zero-order valence-electron chi connectivity index (χ0n) is 14.2. The lowest BCUT2D eigenvalue weighted by Crippen LogP contribution is -2.30. The van der Waals surface area contributed by atoms with E-state index in [1.165, 1.54) is 7.11 Å². The fourth-order valence-corrected chi connectivity index (χ4v) is 2.09. The maximum Gasteiger partial charge on any atom is 0.265 e. The van der Waals surface area contributed by atoms with Crippen molar-refractivity contribution in [2.45, 2.75) is 13.0 Å². The summed E-state index contributed by atoms with van der Waals surface area (Å²) < 4.78 is 21.2. The van der Waals surface area contributed by atoms with Crippen LogP contribution in [0.1, 0.15) is 6.92 Å².